The molecule has 2 rings (SSSR count). The highest BCUT2D eigenvalue weighted by atomic mass is 35.5. The number of sulfone groups is 1. The van der Waals surface area contributed by atoms with E-state index in [1.165, 1.54) is 37.3 Å². The predicted octanol–water partition coefficient (Wildman–Crippen LogP) is 4.04. The summed E-state index contributed by atoms with van der Waals surface area (Å²) < 4.78 is 29.5. The summed E-state index contributed by atoms with van der Waals surface area (Å²) in [5.41, 5.74) is 1.28. The number of hydrogen-bond donors (Lipinski definition) is 1. The smallest absolute Gasteiger partial charge is 0.307 e. The lowest BCUT2D eigenvalue weighted by atomic mass is 10.2. The van der Waals surface area contributed by atoms with E-state index in [0.717, 1.165) is 5.56 Å². The molecule has 0 bridgehead atoms. The first-order chi connectivity index (χ1) is 13.1. The Balaban J connectivity index is 1.89. The van der Waals surface area contributed by atoms with Gasteiger partial charge < -0.3 is 10.1 Å². The molecule has 0 aliphatic rings. The number of halogens is 2. The lowest BCUT2D eigenvalue weighted by Crippen LogP contribution is -2.30. The molecule has 1 atom stereocenters. The van der Waals surface area contributed by atoms with Crippen LogP contribution in [-0.4, -0.2) is 32.2 Å². The van der Waals surface area contributed by atoms with Crippen LogP contribution >= 0.6 is 23.2 Å². The van der Waals surface area contributed by atoms with Gasteiger partial charge in [0.05, 0.1) is 17.1 Å². The molecule has 0 aromatic heterocycles. The van der Waals surface area contributed by atoms with Gasteiger partial charge >= 0.3 is 5.97 Å². The maximum Gasteiger partial charge on any atom is 0.307 e. The number of hydrogen-bond acceptors (Lipinski definition) is 5. The van der Waals surface area contributed by atoms with Crippen LogP contribution in [0.4, 0.5) is 5.69 Å². The summed E-state index contributed by atoms with van der Waals surface area (Å²) in [4.78, 5) is 24.2. The lowest BCUT2D eigenvalue weighted by molar-refractivity contribution is -0.152. The number of anilines is 1. The maximum atomic E-state index is 12.3. The summed E-state index contributed by atoms with van der Waals surface area (Å²) in [6, 6.07) is 10.8. The van der Waals surface area contributed by atoms with Crippen molar-refractivity contribution < 1.29 is 22.7 Å². The third-order valence-electron chi connectivity index (χ3n) is 3.76. The van der Waals surface area contributed by atoms with Crippen LogP contribution in [0, 0.1) is 6.92 Å². The van der Waals surface area contributed by atoms with Crippen molar-refractivity contribution in [1.82, 2.24) is 0 Å². The number of benzene rings is 2. The topological polar surface area (TPSA) is 89.5 Å². The predicted molar refractivity (Wildman–Crippen MR) is 108 cm³/mol. The maximum absolute atomic E-state index is 12.3. The van der Waals surface area contributed by atoms with Crippen molar-refractivity contribution >= 4 is 50.6 Å². The Bertz CT molecular complexity index is 954. The Hall–Kier alpha value is -2.09. The standard InChI is InChI=1S/C19H19Cl2NO5S/c1-12-3-5-17(6-4-12)28(25,26)8-7-18(23)27-13(2)19(24)22-16-10-14(20)9-15(21)11-16/h3-6,9-11,13H,7-8H2,1-2H3,(H,22,24). The quantitative estimate of drug-likeness (QED) is 0.652. The molecule has 2 aromatic rings. The SMILES string of the molecule is Cc1ccc(S(=O)(=O)CCC(=O)OC(C)C(=O)Nc2cc(Cl)cc(Cl)c2)cc1. The van der Waals surface area contributed by atoms with Gasteiger partial charge in [-0.2, -0.15) is 0 Å². The number of esters is 1. The van der Waals surface area contributed by atoms with Gasteiger partial charge in [-0.1, -0.05) is 40.9 Å². The average Bonchev–Trinajstić information content (AvgIpc) is 2.59. The van der Waals surface area contributed by atoms with E-state index in [9.17, 15) is 18.0 Å². The lowest BCUT2D eigenvalue weighted by Gasteiger charge is -2.14. The molecule has 0 heterocycles. The highest BCUT2D eigenvalue weighted by molar-refractivity contribution is 7.91. The molecule has 0 saturated carbocycles. The molecule has 6 nitrogen and oxygen atoms in total. The van der Waals surface area contributed by atoms with Crippen molar-refractivity contribution in [3.05, 3.63) is 58.1 Å². The first-order valence-corrected chi connectivity index (χ1v) is 10.7. The zero-order chi connectivity index (χ0) is 20.9. The summed E-state index contributed by atoms with van der Waals surface area (Å²) in [7, 11) is -3.62. The Morgan fingerprint density at radius 2 is 1.64 bits per heavy atom. The molecule has 0 fully saturated rings. The zero-order valence-corrected chi connectivity index (χ0v) is 17.6. The van der Waals surface area contributed by atoms with Gasteiger partial charge in [0.2, 0.25) is 0 Å². The second kappa shape index (κ2) is 9.41. The van der Waals surface area contributed by atoms with Crippen LogP contribution in [0.25, 0.3) is 0 Å². The molecule has 1 N–H and O–H groups in total. The molecular weight excluding hydrogens is 425 g/mol. The highest BCUT2D eigenvalue weighted by Gasteiger charge is 2.21. The fraction of sp³-hybridized carbons (Fsp3) is 0.263. The number of aryl methyl sites for hydroxylation is 1. The molecular formula is C19H19Cl2NO5S. The van der Waals surface area contributed by atoms with E-state index in [2.05, 4.69) is 5.32 Å². The molecule has 0 spiro atoms. The molecule has 9 heteroatoms. The van der Waals surface area contributed by atoms with Crippen LogP contribution in [0.1, 0.15) is 18.9 Å². The van der Waals surface area contributed by atoms with E-state index in [-0.39, 0.29) is 11.3 Å². The van der Waals surface area contributed by atoms with Crippen molar-refractivity contribution in [1.29, 1.82) is 0 Å². The highest BCUT2D eigenvalue weighted by Crippen LogP contribution is 2.22. The summed E-state index contributed by atoms with van der Waals surface area (Å²) in [5.74, 6) is -1.79. The third-order valence-corrected chi connectivity index (χ3v) is 5.93. The van der Waals surface area contributed by atoms with Crippen LogP contribution in [0.3, 0.4) is 0 Å². The molecule has 0 radical (unpaired) electrons. The van der Waals surface area contributed by atoms with E-state index in [0.29, 0.717) is 15.7 Å². The van der Waals surface area contributed by atoms with E-state index < -0.39 is 33.6 Å². The monoisotopic (exact) mass is 443 g/mol. The van der Waals surface area contributed by atoms with Crippen molar-refractivity contribution in [3.8, 4) is 0 Å². The summed E-state index contributed by atoms with van der Waals surface area (Å²) in [6.45, 7) is 3.23. The fourth-order valence-electron chi connectivity index (χ4n) is 2.26. The second-order valence-electron chi connectivity index (χ2n) is 6.16. The number of amides is 1. The van der Waals surface area contributed by atoms with Crippen LogP contribution in [-0.2, 0) is 24.2 Å². The molecule has 1 amide bonds. The van der Waals surface area contributed by atoms with Crippen molar-refractivity contribution in [2.45, 2.75) is 31.3 Å². The van der Waals surface area contributed by atoms with Crippen LogP contribution in [0.5, 0.6) is 0 Å². The van der Waals surface area contributed by atoms with Gasteiger partial charge in [0.15, 0.2) is 15.9 Å². The minimum absolute atomic E-state index is 0.134. The van der Waals surface area contributed by atoms with Gasteiger partial charge in [0.25, 0.3) is 5.91 Å². The summed E-state index contributed by atoms with van der Waals surface area (Å²) >= 11 is 11.7. The number of carbonyl (C=O) groups is 2. The van der Waals surface area contributed by atoms with E-state index in [1.54, 1.807) is 12.1 Å². The zero-order valence-electron chi connectivity index (χ0n) is 15.2. The molecule has 0 aliphatic carbocycles. The van der Waals surface area contributed by atoms with Gasteiger partial charge in [-0.3, -0.25) is 9.59 Å². The normalized spacial score (nSPS) is 12.3. The fourth-order valence-corrected chi connectivity index (χ4v) is 4.01. The van der Waals surface area contributed by atoms with Crippen molar-refractivity contribution in [2.24, 2.45) is 0 Å². The van der Waals surface area contributed by atoms with Crippen molar-refractivity contribution in [3.63, 3.8) is 0 Å². The number of ether oxygens (including phenoxy) is 1. The minimum atomic E-state index is -3.62. The van der Waals surface area contributed by atoms with Gasteiger partial charge in [0, 0.05) is 15.7 Å². The Kier molecular flexibility index (Phi) is 7.46. The van der Waals surface area contributed by atoms with E-state index >= 15 is 0 Å². The van der Waals surface area contributed by atoms with E-state index in [4.69, 9.17) is 27.9 Å². The second-order valence-corrected chi connectivity index (χ2v) is 9.14. The van der Waals surface area contributed by atoms with Gasteiger partial charge in [-0.25, -0.2) is 8.42 Å². The number of nitrogens with one attached hydrogen (secondary N) is 1. The van der Waals surface area contributed by atoms with E-state index in [1.807, 2.05) is 6.92 Å². The Morgan fingerprint density at radius 3 is 2.21 bits per heavy atom. The number of carbonyl (C=O) groups excluding carboxylic acids is 2. The summed E-state index contributed by atoms with van der Waals surface area (Å²) in [5, 5.41) is 3.21. The molecule has 150 valence electrons. The molecule has 0 aliphatic heterocycles. The largest absolute Gasteiger partial charge is 0.453 e. The first kappa shape index (κ1) is 22.2. The average molecular weight is 444 g/mol. The molecule has 0 saturated heterocycles. The minimum Gasteiger partial charge on any atom is -0.453 e. The molecule has 1 unspecified atom stereocenters. The Morgan fingerprint density at radius 1 is 1.07 bits per heavy atom. The van der Waals surface area contributed by atoms with Crippen molar-refractivity contribution in [2.75, 3.05) is 11.1 Å². The third kappa shape index (κ3) is 6.51. The van der Waals surface area contributed by atoms with Crippen LogP contribution in [0.15, 0.2) is 47.4 Å². The number of rotatable bonds is 7. The molecule has 28 heavy (non-hydrogen) atoms. The van der Waals surface area contributed by atoms with Crippen LogP contribution in [0.2, 0.25) is 10.0 Å². The summed E-state index contributed by atoms with van der Waals surface area (Å²) in [6.07, 6.45) is -1.48. The first-order valence-electron chi connectivity index (χ1n) is 8.33. The van der Waals surface area contributed by atoms with Gasteiger partial charge in [0.1, 0.15) is 0 Å². The van der Waals surface area contributed by atoms with Gasteiger partial charge in [-0.15, -0.1) is 0 Å². The molecule has 2 aromatic carbocycles. The van der Waals surface area contributed by atoms with Gasteiger partial charge in [-0.05, 0) is 44.2 Å². The van der Waals surface area contributed by atoms with Crippen LogP contribution < -0.4 is 5.32 Å². The Labute approximate surface area is 173 Å².